The van der Waals surface area contributed by atoms with Gasteiger partial charge in [0.05, 0.1) is 0 Å². The van der Waals surface area contributed by atoms with Gasteiger partial charge in [-0.2, -0.15) is 0 Å². The van der Waals surface area contributed by atoms with Crippen molar-refractivity contribution >= 4 is 0 Å². The van der Waals surface area contributed by atoms with E-state index in [4.69, 9.17) is 10.5 Å². The minimum atomic E-state index is 0.0493. The highest BCUT2D eigenvalue weighted by Crippen LogP contribution is 2.28. The van der Waals surface area contributed by atoms with Crippen LogP contribution in [0.5, 0.6) is 11.5 Å². The van der Waals surface area contributed by atoms with Crippen molar-refractivity contribution in [2.24, 2.45) is 5.73 Å². The summed E-state index contributed by atoms with van der Waals surface area (Å²) in [7, 11) is 0. The predicted molar refractivity (Wildman–Crippen MR) is 84.3 cm³/mol. The second-order valence-corrected chi connectivity index (χ2v) is 6.24. The molecular weight excluding hydrogens is 246 g/mol. The molecule has 0 bridgehead atoms. The zero-order chi connectivity index (χ0) is 14.8. The van der Waals surface area contributed by atoms with E-state index in [1.807, 2.05) is 43.3 Å². The largest absolute Gasteiger partial charge is 0.457 e. The molecule has 2 aromatic carbocycles. The molecule has 2 N–H and O–H groups in total. The molecule has 0 aliphatic heterocycles. The topological polar surface area (TPSA) is 35.2 Å². The van der Waals surface area contributed by atoms with Crippen LogP contribution in [-0.4, -0.2) is 0 Å². The molecule has 2 heteroatoms. The van der Waals surface area contributed by atoms with Crippen LogP contribution in [0.1, 0.15) is 44.9 Å². The average Bonchev–Trinajstić information content (AvgIpc) is 2.38. The lowest BCUT2D eigenvalue weighted by Gasteiger charge is -2.19. The molecule has 106 valence electrons. The Labute approximate surface area is 121 Å². The standard InChI is InChI=1S/C18H23NO/c1-13(19)14-8-10-16(11-9-14)20-17-7-5-6-15(12-17)18(2,3)4/h5-13H,19H2,1-4H3/t13-/m1/s1. The Kier molecular flexibility index (Phi) is 4.15. The summed E-state index contributed by atoms with van der Waals surface area (Å²) in [6.07, 6.45) is 0. The number of benzene rings is 2. The molecule has 0 fully saturated rings. The average molecular weight is 269 g/mol. The monoisotopic (exact) mass is 269 g/mol. The molecule has 0 heterocycles. The van der Waals surface area contributed by atoms with E-state index < -0.39 is 0 Å². The Morgan fingerprint density at radius 2 is 1.60 bits per heavy atom. The van der Waals surface area contributed by atoms with E-state index in [-0.39, 0.29) is 11.5 Å². The predicted octanol–water partition coefficient (Wildman–Crippen LogP) is 4.80. The summed E-state index contributed by atoms with van der Waals surface area (Å²) < 4.78 is 5.91. The highest BCUT2D eigenvalue weighted by Gasteiger charge is 2.14. The second-order valence-electron chi connectivity index (χ2n) is 6.24. The van der Waals surface area contributed by atoms with Gasteiger partial charge in [-0.05, 0) is 47.7 Å². The molecular formula is C18H23NO. The zero-order valence-electron chi connectivity index (χ0n) is 12.7. The summed E-state index contributed by atoms with van der Waals surface area (Å²) in [4.78, 5) is 0. The summed E-state index contributed by atoms with van der Waals surface area (Å²) >= 11 is 0. The van der Waals surface area contributed by atoms with Crippen LogP contribution in [0.25, 0.3) is 0 Å². The SMILES string of the molecule is C[C@@H](N)c1ccc(Oc2cccc(C(C)(C)C)c2)cc1. The first-order valence-corrected chi connectivity index (χ1v) is 7.00. The Morgan fingerprint density at radius 3 is 2.15 bits per heavy atom. The van der Waals surface area contributed by atoms with Gasteiger partial charge in [0.15, 0.2) is 0 Å². The van der Waals surface area contributed by atoms with Crippen LogP contribution in [0.4, 0.5) is 0 Å². The lowest BCUT2D eigenvalue weighted by molar-refractivity contribution is 0.478. The van der Waals surface area contributed by atoms with E-state index in [9.17, 15) is 0 Å². The van der Waals surface area contributed by atoms with Gasteiger partial charge in [-0.1, -0.05) is 45.0 Å². The van der Waals surface area contributed by atoms with Gasteiger partial charge in [0.1, 0.15) is 11.5 Å². The van der Waals surface area contributed by atoms with E-state index in [0.717, 1.165) is 17.1 Å². The number of hydrogen-bond acceptors (Lipinski definition) is 2. The fraction of sp³-hybridized carbons (Fsp3) is 0.333. The van der Waals surface area contributed by atoms with Crippen LogP contribution in [0, 0.1) is 0 Å². The van der Waals surface area contributed by atoms with E-state index in [0.29, 0.717) is 0 Å². The second kappa shape index (κ2) is 5.68. The Bertz CT molecular complexity index is 565. The highest BCUT2D eigenvalue weighted by atomic mass is 16.5. The third kappa shape index (κ3) is 3.61. The minimum absolute atomic E-state index is 0.0493. The van der Waals surface area contributed by atoms with Crippen molar-refractivity contribution in [1.29, 1.82) is 0 Å². The van der Waals surface area contributed by atoms with Gasteiger partial charge in [-0.25, -0.2) is 0 Å². The molecule has 0 spiro atoms. The van der Waals surface area contributed by atoms with Crippen molar-refractivity contribution in [3.05, 3.63) is 59.7 Å². The maximum absolute atomic E-state index is 5.91. The first-order chi connectivity index (χ1) is 9.36. The van der Waals surface area contributed by atoms with Crippen LogP contribution in [-0.2, 0) is 5.41 Å². The van der Waals surface area contributed by atoms with Crippen LogP contribution in [0.15, 0.2) is 48.5 Å². The number of nitrogens with two attached hydrogens (primary N) is 1. The van der Waals surface area contributed by atoms with Crippen LogP contribution >= 0.6 is 0 Å². The summed E-state index contributed by atoms with van der Waals surface area (Å²) in [5.41, 5.74) is 8.34. The van der Waals surface area contributed by atoms with E-state index in [1.54, 1.807) is 0 Å². The summed E-state index contributed by atoms with van der Waals surface area (Å²) in [6.45, 7) is 8.57. The number of rotatable bonds is 3. The van der Waals surface area contributed by atoms with Gasteiger partial charge in [-0.15, -0.1) is 0 Å². The summed E-state index contributed by atoms with van der Waals surface area (Å²) in [5.74, 6) is 1.70. The summed E-state index contributed by atoms with van der Waals surface area (Å²) in [6, 6.07) is 16.2. The molecule has 0 saturated heterocycles. The molecule has 20 heavy (non-hydrogen) atoms. The van der Waals surface area contributed by atoms with Gasteiger partial charge in [0.2, 0.25) is 0 Å². The fourth-order valence-electron chi connectivity index (χ4n) is 2.00. The fourth-order valence-corrected chi connectivity index (χ4v) is 2.00. The van der Waals surface area contributed by atoms with Crippen molar-refractivity contribution in [2.75, 3.05) is 0 Å². The maximum atomic E-state index is 5.91. The van der Waals surface area contributed by atoms with Gasteiger partial charge < -0.3 is 10.5 Å². The number of hydrogen-bond donors (Lipinski definition) is 1. The number of ether oxygens (including phenoxy) is 1. The molecule has 0 radical (unpaired) electrons. The van der Waals surface area contributed by atoms with Crippen LogP contribution < -0.4 is 10.5 Å². The highest BCUT2D eigenvalue weighted by molar-refractivity contribution is 5.37. The van der Waals surface area contributed by atoms with Gasteiger partial charge >= 0.3 is 0 Å². The normalized spacial score (nSPS) is 13.1. The minimum Gasteiger partial charge on any atom is -0.457 e. The quantitative estimate of drug-likeness (QED) is 0.869. The molecule has 0 aromatic heterocycles. The lowest BCUT2D eigenvalue weighted by atomic mass is 9.87. The van der Waals surface area contributed by atoms with Crippen LogP contribution in [0.2, 0.25) is 0 Å². The van der Waals surface area contributed by atoms with E-state index in [2.05, 4.69) is 32.9 Å². The van der Waals surface area contributed by atoms with Gasteiger partial charge in [0.25, 0.3) is 0 Å². The molecule has 2 aromatic rings. The first-order valence-electron chi connectivity index (χ1n) is 7.00. The summed E-state index contributed by atoms with van der Waals surface area (Å²) in [5, 5.41) is 0. The molecule has 0 unspecified atom stereocenters. The molecule has 2 nitrogen and oxygen atoms in total. The third-order valence-corrected chi connectivity index (χ3v) is 3.34. The Morgan fingerprint density at radius 1 is 0.950 bits per heavy atom. The zero-order valence-corrected chi connectivity index (χ0v) is 12.7. The van der Waals surface area contributed by atoms with E-state index in [1.165, 1.54) is 5.56 Å². The molecule has 0 saturated carbocycles. The molecule has 0 amide bonds. The maximum Gasteiger partial charge on any atom is 0.127 e. The third-order valence-electron chi connectivity index (χ3n) is 3.34. The van der Waals surface area contributed by atoms with E-state index >= 15 is 0 Å². The Hall–Kier alpha value is -1.80. The van der Waals surface area contributed by atoms with Crippen molar-refractivity contribution in [3.63, 3.8) is 0 Å². The van der Waals surface area contributed by atoms with Crippen molar-refractivity contribution in [1.82, 2.24) is 0 Å². The molecule has 0 aliphatic rings. The van der Waals surface area contributed by atoms with Gasteiger partial charge in [-0.3, -0.25) is 0 Å². The van der Waals surface area contributed by atoms with Crippen molar-refractivity contribution in [2.45, 2.75) is 39.2 Å². The van der Waals surface area contributed by atoms with Crippen molar-refractivity contribution < 1.29 is 4.74 Å². The van der Waals surface area contributed by atoms with Gasteiger partial charge in [0, 0.05) is 6.04 Å². The lowest BCUT2D eigenvalue weighted by Crippen LogP contribution is -2.10. The first kappa shape index (κ1) is 14.6. The smallest absolute Gasteiger partial charge is 0.127 e. The molecule has 1 atom stereocenters. The molecule has 0 aliphatic carbocycles. The van der Waals surface area contributed by atoms with Crippen LogP contribution in [0.3, 0.4) is 0 Å². The Balaban J connectivity index is 2.18. The molecule has 2 rings (SSSR count). The van der Waals surface area contributed by atoms with Crippen molar-refractivity contribution in [3.8, 4) is 11.5 Å².